The zero-order valence-corrected chi connectivity index (χ0v) is 9.12. The van der Waals surface area contributed by atoms with Crippen molar-refractivity contribution < 1.29 is 48.6 Å². The van der Waals surface area contributed by atoms with Gasteiger partial charge in [-0.15, -0.1) is 0 Å². The molecule has 4 heteroatoms. The molecule has 7 heavy (non-hydrogen) atoms. The van der Waals surface area contributed by atoms with Crippen LogP contribution in [0.1, 0.15) is 0 Å². The first-order valence-electron chi connectivity index (χ1n) is 1.41. The van der Waals surface area contributed by atoms with Gasteiger partial charge in [-0.25, -0.2) is 0 Å². The van der Waals surface area contributed by atoms with Crippen molar-refractivity contribution in [3.05, 3.63) is 0 Å². The van der Waals surface area contributed by atoms with E-state index in [4.69, 9.17) is 5.11 Å². The number of hydrogen-bond donors (Lipinski definition) is 1. The summed E-state index contributed by atoms with van der Waals surface area (Å²) in [6, 6.07) is 0. The molecule has 0 aromatic carbocycles. The Bertz CT molecular complexity index is 118. The van der Waals surface area contributed by atoms with Gasteiger partial charge in [0.2, 0.25) is 0 Å². The Balaban J connectivity index is 3.81. The predicted octanol–water partition coefficient (Wildman–Crippen LogP) is -0.861. The zero-order valence-electron chi connectivity index (χ0n) is 3.25. The number of carbonyl (C=O) groups is 1. The van der Waals surface area contributed by atoms with E-state index in [-0.39, 0.29) is 0 Å². The number of rotatable bonds is 2. The molecule has 0 amide bonds. The fraction of sp³-hybridized carbons (Fsp3) is 0. The van der Waals surface area contributed by atoms with Crippen molar-refractivity contribution in [1.82, 2.24) is 0 Å². The molecule has 38 valence electrons. The molecular weight excluding hydrogens is 436 g/mol. The second-order valence-corrected chi connectivity index (χ2v) is 3.21. The van der Waals surface area contributed by atoms with Gasteiger partial charge in [0.05, 0.1) is 0 Å². The topological polar surface area (TPSA) is 37.3 Å². The SMILES string of the molecule is O=C(O)[C](=[W])[CH]=[W]. The predicted molar refractivity (Wildman–Crippen MR) is 18.7 cm³/mol. The van der Waals surface area contributed by atoms with E-state index in [1.165, 1.54) is 19.4 Å². The van der Waals surface area contributed by atoms with E-state index in [0.717, 1.165) is 19.4 Å². The standard InChI is InChI=1S/C3H2O2.2W/c1-2-3(4)5;;/h1H,(H,4,5);;. The van der Waals surface area contributed by atoms with Crippen LogP contribution in [0.15, 0.2) is 0 Å². The molecule has 1 N–H and O–H groups in total. The van der Waals surface area contributed by atoms with Gasteiger partial charge < -0.3 is 0 Å². The first kappa shape index (κ1) is 7.59. The summed E-state index contributed by atoms with van der Waals surface area (Å²) in [5.41, 5.74) is 0. The normalized spacial score (nSPS) is 7.43. The third-order valence-corrected chi connectivity index (χ3v) is 4.54. The summed E-state index contributed by atoms with van der Waals surface area (Å²) in [5.74, 6) is -0.787. The van der Waals surface area contributed by atoms with Gasteiger partial charge in [0.15, 0.2) is 0 Å². The van der Waals surface area contributed by atoms with Crippen LogP contribution in [-0.4, -0.2) is 19.4 Å². The Morgan fingerprint density at radius 2 is 2.14 bits per heavy atom. The maximum atomic E-state index is 9.90. The average molecular weight is 438 g/mol. The van der Waals surface area contributed by atoms with Crippen molar-refractivity contribution in [2.45, 2.75) is 0 Å². The molecule has 0 unspecified atom stereocenters. The molecule has 0 atom stereocenters. The van der Waals surface area contributed by atoms with Crippen molar-refractivity contribution in [1.29, 1.82) is 0 Å². The Hall–Kier alpha value is 0.587. The van der Waals surface area contributed by atoms with Crippen LogP contribution in [0.2, 0.25) is 0 Å². The molecule has 0 spiro atoms. The molecule has 0 aliphatic heterocycles. The van der Waals surface area contributed by atoms with Crippen LogP contribution < -0.4 is 0 Å². The van der Waals surface area contributed by atoms with E-state index >= 15 is 0 Å². The summed E-state index contributed by atoms with van der Waals surface area (Å²) in [5, 5.41) is 8.15. The van der Waals surface area contributed by atoms with Gasteiger partial charge in [-0.1, -0.05) is 0 Å². The minimum absolute atomic E-state index is 0.509. The monoisotopic (exact) mass is 438 g/mol. The first-order chi connectivity index (χ1) is 3.18. The van der Waals surface area contributed by atoms with Crippen LogP contribution in [0.3, 0.4) is 0 Å². The third kappa shape index (κ3) is 3.19. The quantitative estimate of drug-likeness (QED) is 0.611. The molecule has 0 fully saturated rings. The summed E-state index contributed by atoms with van der Waals surface area (Å²) >= 11 is 2.22. The summed E-state index contributed by atoms with van der Waals surface area (Å²) in [7, 11) is 0. The summed E-state index contributed by atoms with van der Waals surface area (Å²) in [6.45, 7) is 0. The van der Waals surface area contributed by atoms with Crippen LogP contribution in [0.25, 0.3) is 0 Å². The van der Waals surface area contributed by atoms with Crippen molar-refractivity contribution in [3.63, 3.8) is 0 Å². The van der Waals surface area contributed by atoms with E-state index in [1.807, 2.05) is 0 Å². The van der Waals surface area contributed by atoms with Crippen molar-refractivity contribution >= 4 is 14.3 Å². The Labute approximate surface area is 62.7 Å². The zero-order chi connectivity index (χ0) is 5.86. The molecule has 0 aliphatic rings. The molecule has 2 nitrogen and oxygen atoms in total. The number of aliphatic carboxylic acids is 1. The fourth-order valence-corrected chi connectivity index (χ4v) is 0.413. The van der Waals surface area contributed by atoms with E-state index in [9.17, 15) is 4.79 Å². The van der Waals surface area contributed by atoms with Crippen molar-refractivity contribution in [2.75, 3.05) is 0 Å². The average Bonchev–Trinajstić information content (AvgIpc) is 1.65. The van der Waals surface area contributed by atoms with Crippen LogP contribution in [0.5, 0.6) is 0 Å². The molecule has 0 saturated carbocycles. The molecular formula is C3H2O2W2. The molecule has 0 rings (SSSR count). The van der Waals surface area contributed by atoms with Crippen molar-refractivity contribution in [3.8, 4) is 0 Å². The number of carboxylic acid groups (broad SMARTS) is 1. The van der Waals surface area contributed by atoms with E-state index in [1.54, 1.807) is 4.40 Å². The van der Waals surface area contributed by atoms with E-state index in [0.29, 0.717) is 3.90 Å². The Kier molecular flexibility index (Phi) is 3.87. The molecule has 0 aliphatic carbocycles. The van der Waals surface area contributed by atoms with Crippen LogP contribution in [0.4, 0.5) is 0 Å². The van der Waals surface area contributed by atoms with Gasteiger partial charge in [-0.2, -0.15) is 0 Å². The molecule has 0 heterocycles. The fourth-order valence-electron chi connectivity index (χ4n) is 0.0504. The maximum absolute atomic E-state index is 9.90. The summed E-state index contributed by atoms with van der Waals surface area (Å²) < 4.78 is 2.19. The molecule has 0 saturated heterocycles. The molecule has 0 radical (unpaired) electrons. The number of carboxylic acids is 1. The second kappa shape index (κ2) is 3.57. The van der Waals surface area contributed by atoms with Gasteiger partial charge in [-0.3, -0.25) is 0 Å². The molecule has 0 aromatic rings. The molecule has 0 bridgehead atoms. The van der Waals surface area contributed by atoms with Gasteiger partial charge in [0.25, 0.3) is 0 Å². The second-order valence-electron chi connectivity index (χ2n) is 0.787. The van der Waals surface area contributed by atoms with Gasteiger partial charge in [-0.05, 0) is 0 Å². The number of hydrogen-bond acceptors (Lipinski definition) is 1. The Morgan fingerprint density at radius 1 is 1.71 bits per heavy atom. The Morgan fingerprint density at radius 3 is 2.14 bits per heavy atom. The van der Waals surface area contributed by atoms with Gasteiger partial charge >= 0.3 is 62.9 Å². The summed E-state index contributed by atoms with van der Waals surface area (Å²) in [4.78, 5) is 9.90. The summed E-state index contributed by atoms with van der Waals surface area (Å²) in [6.07, 6.45) is 0. The van der Waals surface area contributed by atoms with Crippen LogP contribution >= 0.6 is 0 Å². The van der Waals surface area contributed by atoms with E-state index in [2.05, 4.69) is 0 Å². The minimum atomic E-state index is -0.787. The van der Waals surface area contributed by atoms with Crippen LogP contribution in [-0.2, 0) is 43.5 Å². The van der Waals surface area contributed by atoms with Crippen LogP contribution in [0, 0.1) is 0 Å². The van der Waals surface area contributed by atoms with E-state index < -0.39 is 5.97 Å². The van der Waals surface area contributed by atoms with Gasteiger partial charge in [0.1, 0.15) is 0 Å². The van der Waals surface area contributed by atoms with Gasteiger partial charge in [0, 0.05) is 0 Å². The third-order valence-electron chi connectivity index (χ3n) is 0.318. The van der Waals surface area contributed by atoms with Crippen molar-refractivity contribution in [2.24, 2.45) is 0 Å². The first-order valence-corrected chi connectivity index (χ1v) is 4.57. The molecule has 0 aromatic heterocycles.